The van der Waals surface area contributed by atoms with Crippen molar-refractivity contribution in [3.8, 4) is 0 Å². The van der Waals surface area contributed by atoms with Crippen molar-refractivity contribution in [1.29, 1.82) is 0 Å². The smallest absolute Gasteiger partial charge is 0.414 e. The summed E-state index contributed by atoms with van der Waals surface area (Å²) in [5, 5.41) is 3.23. The van der Waals surface area contributed by atoms with Crippen molar-refractivity contribution in [2.75, 3.05) is 48.3 Å². The standard InChI is InChI=1S/C16H21FN4O3S/c1-11(22)19-25-10-13-9-21(16(23)24-13)12-2-3-15(14(17)8-12)20-6-4-18-5-7-20/h2-3,8,13,18H,4-7,9-10H2,1H3,(H,19,22)/t13-/m0/s1. The topological polar surface area (TPSA) is 73.9 Å². The highest BCUT2D eigenvalue weighted by Crippen LogP contribution is 2.28. The number of nitrogens with zero attached hydrogens (tertiary/aromatic N) is 2. The van der Waals surface area contributed by atoms with Crippen LogP contribution >= 0.6 is 11.9 Å². The van der Waals surface area contributed by atoms with Gasteiger partial charge in [0.15, 0.2) is 0 Å². The Morgan fingerprint density at radius 1 is 1.44 bits per heavy atom. The van der Waals surface area contributed by atoms with E-state index in [1.807, 2.05) is 4.90 Å². The highest BCUT2D eigenvalue weighted by Gasteiger charge is 2.33. The van der Waals surface area contributed by atoms with E-state index < -0.39 is 6.09 Å². The summed E-state index contributed by atoms with van der Waals surface area (Å²) < 4.78 is 22.4. The summed E-state index contributed by atoms with van der Waals surface area (Å²) in [5.74, 6) is -0.0524. The van der Waals surface area contributed by atoms with E-state index in [2.05, 4.69) is 10.0 Å². The molecule has 0 saturated carbocycles. The van der Waals surface area contributed by atoms with Gasteiger partial charge in [0.1, 0.15) is 11.9 Å². The third kappa shape index (κ3) is 4.35. The molecule has 9 heteroatoms. The second-order valence-electron chi connectivity index (χ2n) is 5.96. The van der Waals surface area contributed by atoms with Crippen LogP contribution in [-0.2, 0) is 9.53 Å². The zero-order valence-electron chi connectivity index (χ0n) is 14.0. The van der Waals surface area contributed by atoms with Crippen molar-refractivity contribution in [3.05, 3.63) is 24.0 Å². The molecular weight excluding hydrogens is 347 g/mol. The molecule has 1 atom stereocenters. The second-order valence-corrected chi connectivity index (χ2v) is 6.78. The Kier molecular flexibility index (Phi) is 5.64. The third-order valence-electron chi connectivity index (χ3n) is 4.06. The van der Waals surface area contributed by atoms with E-state index in [0.717, 1.165) is 26.2 Å². The molecule has 3 rings (SSSR count). The minimum absolute atomic E-state index is 0.156. The molecule has 0 aliphatic carbocycles. The molecule has 7 nitrogen and oxygen atoms in total. The largest absolute Gasteiger partial charge is 0.443 e. The molecule has 2 fully saturated rings. The molecule has 2 N–H and O–H groups in total. The molecule has 1 aromatic carbocycles. The lowest BCUT2D eigenvalue weighted by Gasteiger charge is -2.30. The lowest BCUT2D eigenvalue weighted by Crippen LogP contribution is -2.43. The number of carbonyl (C=O) groups is 2. The summed E-state index contributed by atoms with van der Waals surface area (Å²) >= 11 is 1.19. The number of rotatable bonds is 5. The van der Waals surface area contributed by atoms with E-state index in [-0.39, 0.29) is 17.8 Å². The molecule has 136 valence electrons. The number of nitrogens with one attached hydrogen (secondary N) is 2. The minimum Gasteiger partial charge on any atom is -0.443 e. The summed E-state index contributed by atoms with van der Waals surface area (Å²) in [6.07, 6.45) is -0.844. The van der Waals surface area contributed by atoms with Gasteiger partial charge in [-0.05, 0) is 30.1 Å². The van der Waals surface area contributed by atoms with Gasteiger partial charge in [0, 0.05) is 33.1 Å². The van der Waals surface area contributed by atoms with Crippen molar-refractivity contribution in [2.24, 2.45) is 0 Å². The van der Waals surface area contributed by atoms with Crippen LogP contribution in [0.3, 0.4) is 0 Å². The summed E-state index contributed by atoms with van der Waals surface area (Å²) in [7, 11) is 0. The molecule has 0 spiro atoms. The summed E-state index contributed by atoms with van der Waals surface area (Å²) in [6.45, 7) is 4.91. The first-order valence-corrected chi connectivity index (χ1v) is 9.15. The van der Waals surface area contributed by atoms with Gasteiger partial charge in [0.2, 0.25) is 5.91 Å². The minimum atomic E-state index is -0.497. The van der Waals surface area contributed by atoms with Gasteiger partial charge >= 0.3 is 6.09 Å². The molecule has 2 aliphatic heterocycles. The Labute approximate surface area is 150 Å². The third-order valence-corrected chi connectivity index (χ3v) is 5.03. The normalized spacial score (nSPS) is 20.6. The van der Waals surface area contributed by atoms with E-state index in [4.69, 9.17) is 4.74 Å². The number of hydrogen-bond donors (Lipinski definition) is 2. The maximum absolute atomic E-state index is 14.5. The number of amides is 2. The van der Waals surface area contributed by atoms with E-state index in [0.29, 0.717) is 23.7 Å². The summed E-state index contributed by atoms with van der Waals surface area (Å²) in [4.78, 5) is 26.3. The van der Waals surface area contributed by atoms with E-state index in [9.17, 15) is 14.0 Å². The van der Waals surface area contributed by atoms with Crippen molar-refractivity contribution >= 4 is 35.3 Å². The number of carbonyl (C=O) groups excluding carboxylic acids is 2. The average molecular weight is 368 g/mol. The zero-order chi connectivity index (χ0) is 17.8. The highest BCUT2D eigenvalue weighted by atomic mass is 32.2. The quantitative estimate of drug-likeness (QED) is 0.765. The van der Waals surface area contributed by atoms with Gasteiger partial charge in [-0.25, -0.2) is 9.18 Å². The lowest BCUT2D eigenvalue weighted by molar-refractivity contribution is -0.117. The van der Waals surface area contributed by atoms with Crippen LogP contribution in [0.1, 0.15) is 6.92 Å². The maximum Gasteiger partial charge on any atom is 0.414 e. The van der Waals surface area contributed by atoms with Gasteiger partial charge in [-0.3, -0.25) is 9.69 Å². The number of cyclic esters (lactones) is 1. The molecule has 2 heterocycles. The molecule has 2 aliphatic rings. The Morgan fingerprint density at radius 2 is 2.20 bits per heavy atom. The second kappa shape index (κ2) is 7.92. The van der Waals surface area contributed by atoms with Gasteiger partial charge in [-0.2, -0.15) is 0 Å². The van der Waals surface area contributed by atoms with Crippen molar-refractivity contribution < 1.29 is 18.7 Å². The zero-order valence-corrected chi connectivity index (χ0v) is 14.8. The molecule has 1 aromatic rings. The van der Waals surface area contributed by atoms with Gasteiger partial charge in [0.05, 0.1) is 23.7 Å². The van der Waals surface area contributed by atoms with Crippen LogP contribution in [0.25, 0.3) is 0 Å². The number of hydrogen-bond acceptors (Lipinski definition) is 6. The van der Waals surface area contributed by atoms with Gasteiger partial charge in [-0.1, -0.05) is 0 Å². The highest BCUT2D eigenvalue weighted by molar-refractivity contribution is 7.97. The van der Waals surface area contributed by atoms with Crippen LogP contribution in [0, 0.1) is 5.82 Å². The fourth-order valence-electron chi connectivity index (χ4n) is 2.88. The molecule has 2 saturated heterocycles. The first-order chi connectivity index (χ1) is 12.0. The Hall–Kier alpha value is -2.00. The Balaban J connectivity index is 1.64. The van der Waals surface area contributed by atoms with E-state index in [1.165, 1.54) is 29.8 Å². The van der Waals surface area contributed by atoms with Gasteiger partial charge < -0.3 is 19.7 Å². The van der Waals surface area contributed by atoms with Crippen LogP contribution in [0.15, 0.2) is 18.2 Å². The van der Waals surface area contributed by atoms with Gasteiger partial charge in [-0.15, -0.1) is 0 Å². The number of anilines is 2. The monoisotopic (exact) mass is 368 g/mol. The molecule has 0 bridgehead atoms. The van der Waals surface area contributed by atoms with Crippen LogP contribution in [-0.4, -0.2) is 56.6 Å². The number of benzene rings is 1. The first-order valence-electron chi connectivity index (χ1n) is 8.16. The van der Waals surface area contributed by atoms with Crippen LogP contribution in [0.5, 0.6) is 0 Å². The van der Waals surface area contributed by atoms with Crippen LogP contribution < -0.4 is 19.8 Å². The SMILES string of the molecule is CC(=O)NSC[C@@H]1CN(c2ccc(N3CCNCC3)c(F)c2)C(=O)O1. The number of ether oxygens (including phenoxy) is 1. The molecular formula is C16H21FN4O3S. The number of halogens is 1. The fourth-order valence-corrected chi connectivity index (χ4v) is 3.53. The van der Waals surface area contributed by atoms with Crippen molar-refractivity contribution in [2.45, 2.75) is 13.0 Å². The predicted octanol–water partition coefficient (Wildman–Crippen LogP) is 1.34. The molecule has 0 unspecified atom stereocenters. The first kappa shape index (κ1) is 17.8. The molecule has 0 radical (unpaired) electrons. The van der Waals surface area contributed by atoms with Gasteiger partial charge in [0.25, 0.3) is 0 Å². The molecule has 2 amide bonds. The predicted molar refractivity (Wildman–Crippen MR) is 95.4 cm³/mol. The maximum atomic E-state index is 14.5. The Morgan fingerprint density at radius 3 is 2.88 bits per heavy atom. The average Bonchev–Trinajstić information content (AvgIpc) is 2.96. The molecule has 0 aromatic heterocycles. The van der Waals surface area contributed by atoms with Crippen LogP contribution in [0.4, 0.5) is 20.6 Å². The van der Waals surface area contributed by atoms with E-state index in [1.54, 1.807) is 12.1 Å². The van der Waals surface area contributed by atoms with Crippen molar-refractivity contribution in [3.63, 3.8) is 0 Å². The Bertz CT molecular complexity index is 654. The fraction of sp³-hybridized carbons (Fsp3) is 0.500. The lowest BCUT2D eigenvalue weighted by atomic mass is 10.2. The summed E-state index contributed by atoms with van der Waals surface area (Å²) in [5.41, 5.74) is 1.03. The van der Waals surface area contributed by atoms with Crippen molar-refractivity contribution in [1.82, 2.24) is 10.0 Å². The van der Waals surface area contributed by atoms with E-state index >= 15 is 0 Å². The number of piperazine rings is 1. The summed E-state index contributed by atoms with van der Waals surface area (Å²) in [6, 6.07) is 4.83. The van der Waals surface area contributed by atoms with Crippen LogP contribution in [0.2, 0.25) is 0 Å². The molecule has 25 heavy (non-hydrogen) atoms.